The molecule has 3 N–H and O–H groups in total. The van der Waals surface area contributed by atoms with Gasteiger partial charge in [-0.3, -0.25) is 4.79 Å². The Kier molecular flexibility index (Phi) is 6.23. The van der Waals surface area contributed by atoms with Crippen molar-refractivity contribution in [2.24, 2.45) is 0 Å². The van der Waals surface area contributed by atoms with E-state index < -0.39 is 29.0 Å². The Balaban J connectivity index is 2.51. The third-order valence-corrected chi connectivity index (χ3v) is 2.54. The number of thiocarbonyl (C=S) groups is 1. The zero-order chi connectivity index (χ0) is 15.1. The molecule has 0 aliphatic heterocycles. The van der Waals surface area contributed by atoms with Gasteiger partial charge in [-0.05, 0) is 30.8 Å². The van der Waals surface area contributed by atoms with Crippen LogP contribution in [0.4, 0.5) is 18.9 Å². The first-order chi connectivity index (χ1) is 9.45. The fourth-order valence-electron chi connectivity index (χ4n) is 1.28. The molecule has 110 valence electrons. The minimum atomic E-state index is -1.63. The molecular weight excluding hydrogens is 291 g/mol. The van der Waals surface area contributed by atoms with Crippen LogP contribution in [0.15, 0.2) is 12.1 Å². The number of amides is 1. The summed E-state index contributed by atoms with van der Waals surface area (Å²) >= 11 is 4.88. The van der Waals surface area contributed by atoms with Gasteiger partial charge in [0.2, 0.25) is 5.91 Å². The number of halogens is 3. The van der Waals surface area contributed by atoms with Crippen molar-refractivity contribution in [3.63, 3.8) is 0 Å². The van der Waals surface area contributed by atoms with Gasteiger partial charge in [0.25, 0.3) is 0 Å². The molecule has 8 heteroatoms. The van der Waals surface area contributed by atoms with Gasteiger partial charge in [-0.2, -0.15) is 0 Å². The van der Waals surface area contributed by atoms with Crippen molar-refractivity contribution in [1.29, 1.82) is 0 Å². The monoisotopic (exact) mass is 305 g/mol. The van der Waals surface area contributed by atoms with E-state index in [9.17, 15) is 18.0 Å². The summed E-state index contributed by atoms with van der Waals surface area (Å²) in [6.07, 6.45) is 0.869. The minimum Gasteiger partial charge on any atom is -0.363 e. The number of hydrogen-bond donors (Lipinski definition) is 3. The van der Waals surface area contributed by atoms with Crippen molar-refractivity contribution in [3.8, 4) is 0 Å². The van der Waals surface area contributed by atoms with Crippen LogP contribution in [-0.4, -0.2) is 24.1 Å². The lowest BCUT2D eigenvalue weighted by molar-refractivity contribution is -0.115. The van der Waals surface area contributed by atoms with Crippen molar-refractivity contribution >= 4 is 28.9 Å². The molecule has 1 amide bonds. The summed E-state index contributed by atoms with van der Waals surface area (Å²) < 4.78 is 39.0. The maximum Gasteiger partial charge on any atom is 0.243 e. The highest BCUT2D eigenvalue weighted by Gasteiger charge is 2.15. The third-order valence-electron chi connectivity index (χ3n) is 2.25. The molecule has 0 heterocycles. The Hall–Kier alpha value is -1.83. The summed E-state index contributed by atoms with van der Waals surface area (Å²) in [6.45, 7) is 2.40. The van der Waals surface area contributed by atoms with Crippen LogP contribution in [0.5, 0.6) is 0 Å². The zero-order valence-electron chi connectivity index (χ0n) is 10.7. The van der Waals surface area contributed by atoms with Gasteiger partial charge in [-0.1, -0.05) is 6.92 Å². The molecule has 0 aromatic heterocycles. The smallest absolute Gasteiger partial charge is 0.243 e. The molecule has 0 spiro atoms. The Labute approximate surface area is 119 Å². The van der Waals surface area contributed by atoms with E-state index in [4.69, 9.17) is 12.2 Å². The maximum absolute atomic E-state index is 13.3. The Morgan fingerprint density at radius 3 is 2.55 bits per heavy atom. The van der Waals surface area contributed by atoms with Crippen LogP contribution < -0.4 is 16.0 Å². The molecular formula is C12H14F3N3OS. The molecule has 0 atom stereocenters. The van der Waals surface area contributed by atoms with Gasteiger partial charge in [-0.25, -0.2) is 13.2 Å². The Morgan fingerprint density at radius 2 is 1.90 bits per heavy atom. The summed E-state index contributed by atoms with van der Waals surface area (Å²) in [5, 5.41) is 7.84. The fraction of sp³-hybridized carbons (Fsp3) is 0.333. The molecule has 1 rings (SSSR count). The average Bonchev–Trinajstić information content (AvgIpc) is 2.43. The number of carbonyl (C=O) groups excluding carboxylic acids is 1. The summed E-state index contributed by atoms with van der Waals surface area (Å²) in [5.74, 6) is -5.01. The average molecular weight is 305 g/mol. The standard InChI is InChI=1S/C12H14F3N3OS/c1-2-5-16-12(20)17-6-9(19)18-8-4-3-7(13)10(14)11(8)15/h3-4H,2,5-6H2,1H3,(H,18,19)(H2,16,17,20). The summed E-state index contributed by atoms with van der Waals surface area (Å²) in [6, 6.07) is 1.67. The third kappa shape index (κ3) is 4.69. The predicted octanol–water partition coefficient (Wildman–Crippen LogP) is 1.92. The van der Waals surface area contributed by atoms with Gasteiger partial charge in [0.1, 0.15) is 0 Å². The van der Waals surface area contributed by atoms with Crippen LogP contribution in [0.2, 0.25) is 0 Å². The fourth-order valence-corrected chi connectivity index (χ4v) is 1.45. The number of carbonyl (C=O) groups is 1. The Morgan fingerprint density at radius 1 is 1.20 bits per heavy atom. The van der Waals surface area contributed by atoms with E-state index in [0.29, 0.717) is 6.54 Å². The summed E-state index contributed by atoms with van der Waals surface area (Å²) in [4.78, 5) is 11.5. The lowest BCUT2D eigenvalue weighted by Gasteiger charge is -2.10. The minimum absolute atomic E-state index is 0.214. The number of anilines is 1. The summed E-state index contributed by atoms with van der Waals surface area (Å²) in [5.41, 5.74) is -0.428. The van der Waals surface area contributed by atoms with E-state index in [1.807, 2.05) is 6.92 Å². The van der Waals surface area contributed by atoms with Crippen LogP contribution in [0.25, 0.3) is 0 Å². The van der Waals surface area contributed by atoms with Crippen molar-refractivity contribution in [2.75, 3.05) is 18.4 Å². The quantitative estimate of drug-likeness (QED) is 0.575. The molecule has 0 fully saturated rings. The zero-order valence-corrected chi connectivity index (χ0v) is 11.5. The number of benzene rings is 1. The van der Waals surface area contributed by atoms with E-state index in [0.717, 1.165) is 18.6 Å². The van der Waals surface area contributed by atoms with Gasteiger partial charge in [0.15, 0.2) is 22.6 Å². The first kappa shape index (κ1) is 16.2. The van der Waals surface area contributed by atoms with Crippen LogP contribution in [0, 0.1) is 17.5 Å². The molecule has 0 bridgehead atoms. The van der Waals surface area contributed by atoms with Crippen LogP contribution >= 0.6 is 12.2 Å². The molecule has 0 aliphatic rings. The number of hydrogen-bond acceptors (Lipinski definition) is 2. The molecule has 20 heavy (non-hydrogen) atoms. The van der Waals surface area contributed by atoms with Gasteiger partial charge in [-0.15, -0.1) is 0 Å². The van der Waals surface area contributed by atoms with Gasteiger partial charge in [0.05, 0.1) is 12.2 Å². The Bertz CT molecular complexity index is 511. The van der Waals surface area contributed by atoms with Gasteiger partial charge >= 0.3 is 0 Å². The first-order valence-corrected chi connectivity index (χ1v) is 6.31. The van der Waals surface area contributed by atoms with Crippen LogP contribution in [0.1, 0.15) is 13.3 Å². The van der Waals surface area contributed by atoms with E-state index in [-0.39, 0.29) is 11.7 Å². The number of nitrogens with one attached hydrogen (secondary N) is 3. The largest absolute Gasteiger partial charge is 0.363 e. The molecule has 0 radical (unpaired) electrons. The van der Waals surface area contributed by atoms with Crippen molar-refractivity contribution < 1.29 is 18.0 Å². The highest BCUT2D eigenvalue weighted by Crippen LogP contribution is 2.19. The van der Waals surface area contributed by atoms with E-state index in [1.54, 1.807) is 0 Å². The molecule has 4 nitrogen and oxygen atoms in total. The maximum atomic E-state index is 13.3. The number of rotatable bonds is 5. The molecule has 0 saturated carbocycles. The predicted molar refractivity (Wildman–Crippen MR) is 73.8 cm³/mol. The van der Waals surface area contributed by atoms with E-state index in [2.05, 4.69) is 16.0 Å². The summed E-state index contributed by atoms with van der Waals surface area (Å²) in [7, 11) is 0. The van der Waals surface area contributed by atoms with Crippen molar-refractivity contribution in [1.82, 2.24) is 10.6 Å². The van der Waals surface area contributed by atoms with E-state index in [1.165, 1.54) is 0 Å². The SMILES string of the molecule is CCCNC(=S)NCC(=O)Nc1ccc(F)c(F)c1F. The van der Waals surface area contributed by atoms with Crippen molar-refractivity contribution in [2.45, 2.75) is 13.3 Å². The lowest BCUT2D eigenvalue weighted by Crippen LogP contribution is -2.40. The molecule has 1 aromatic rings. The highest BCUT2D eigenvalue weighted by atomic mass is 32.1. The molecule has 1 aromatic carbocycles. The molecule has 0 unspecified atom stereocenters. The molecule has 0 saturated heterocycles. The van der Waals surface area contributed by atoms with Gasteiger partial charge < -0.3 is 16.0 Å². The second-order valence-corrected chi connectivity index (χ2v) is 4.29. The van der Waals surface area contributed by atoms with Gasteiger partial charge in [0, 0.05) is 6.54 Å². The lowest BCUT2D eigenvalue weighted by atomic mass is 10.2. The topological polar surface area (TPSA) is 53.2 Å². The van der Waals surface area contributed by atoms with Crippen LogP contribution in [-0.2, 0) is 4.79 Å². The van der Waals surface area contributed by atoms with Crippen LogP contribution in [0.3, 0.4) is 0 Å². The molecule has 0 aliphatic carbocycles. The highest BCUT2D eigenvalue weighted by molar-refractivity contribution is 7.80. The normalized spacial score (nSPS) is 10.0. The van der Waals surface area contributed by atoms with E-state index >= 15 is 0 Å². The second-order valence-electron chi connectivity index (χ2n) is 3.88. The van der Waals surface area contributed by atoms with Crippen molar-refractivity contribution in [3.05, 3.63) is 29.6 Å². The second kappa shape index (κ2) is 7.68. The first-order valence-electron chi connectivity index (χ1n) is 5.90.